The van der Waals surface area contributed by atoms with Gasteiger partial charge in [0.2, 0.25) is 0 Å². The van der Waals surface area contributed by atoms with Gasteiger partial charge in [0.25, 0.3) is 0 Å². The van der Waals surface area contributed by atoms with Gasteiger partial charge in [-0.2, -0.15) is 12.6 Å². The van der Waals surface area contributed by atoms with Gasteiger partial charge < -0.3 is 4.57 Å². The van der Waals surface area contributed by atoms with Gasteiger partial charge in [0.05, 0.1) is 4.90 Å². The number of aryl methyl sites for hydroxylation is 1. The molecule has 1 aromatic heterocycles. The predicted molar refractivity (Wildman–Crippen MR) is 73.4 cm³/mol. The standard InChI is InChI=1S/C12H15NO2S2/c1-8(16)11-6-9-4-5-10(17(3,14)15)7-12(9)13(11)2/h4-8,16H,1-3H3. The molecular weight excluding hydrogens is 254 g/mol. The lowest BCUT2D eigenvalue weighted by Crippen LogP contribution is -1.99. The fraction of sp³-hybridized carbons (Fsp3) is 0.333. The maximum atomic E-state index is 11.5. The lowest BCUT2D eigenvalue weighted by Gasteiger charge is -2.06. The molecule has 3 nitrogen and oxygen atoms in total. The molecule has 0 saturated heterocycles. The SMILES string of the molecule is CC(S)c1cc2ccc(S(C)(=O)=O)cc2n1C. The molecule has 0 saturated carbocycles. The molecule has 0 fully saturated rings. The second kappa shape index (κ2) is 4.07. The summed E-state index contributed by atoms with van der Waals surface area (Å²) >= 11 is 4.41. The van der Waals surface area contributed by atoms with Crippen molar-refractivity contribution in [2.24, 2.45) is 7.05 Å². The second-order valence-electron chi connectivity index (χ2n) is 4.30. The quantitative estimate of drug-likeness (QED) is 0.851. The van der Waals surface area contributed by atoms with Crippen LogP contribution in [0.15, 0.2) is 29.2 Å². The van der Waals surface area contributed by atoms with Gasteiger partial charge in [-0.3, -0.25) is 0 Å². The number of hydrogen-bond acceptors (Lipinski definition) is 3. The van der Waals surface area contributed by atoms with Gasteiger partial charge in [-0.1, -0.05) is 6.07 Å². The molecule has 1 aromatic carbocycles. The zero-order valence-corrected chi connectivity index (χ0v) is 11.7. The van der Waals surface area contributed by atoms with Crippen molar-refractivity contribution in [3.63, 3.8) is 0 Å². The number of fused-ring (bicyclic) bond motifs is 1. The Balaban J connectivity index is 2.74. The highest BCUT2D eigenvalue weighted by Crippen LogP contribution is 2.28. The van der Waals surface area contributed by atoms with Gasteiger partial charge in [-0.15, -0.1) is 0 Å². The lowest BCUT2D eigenvalue weighted by atomic mass is 10.2. The zero-order chi connectivity index (χ0) is 12.8. The third kappa shape index (κ3) is 2.21. The van der Waals surface area contributed by atoms with Gasteiger partial charge in [-0.05, 0) is 30.5 Å². The maximum Gasteiger partial charge on any atom is 0.175 e. The Hall–Kier alpha value is -0.940. The molecule has 2 aromatic rings. The highest BCUT2D eigenvalue weighted by Gasteiger charge is 2.13. The van der Waals surface area contributed by atoms with E-state index in [1.165, 1.54) is 6.26 Å². The van der Waals surface area contributed by atoms with Gasteiger partial charge >= 0.3 is 0 Å². The molecular formula is C12H15NO2S2. The molecule has 17 heavy (non-hydrogen) atoms. The summed E-state index contributed by atoms with van der Waals surface area (Å²) in [4.78, 5) is 0.351. The highest BCUT2D eigenvalue weighted by atomic mass is 32.2. The summed E-state index contributed by atoms with van der Waals surface area (Å²) in [7, 11) is -1.23. The molecule has 0 N–H and O–H groups in total. The van der Waals surface area contributed by atoms with E-state index in [4.69, 9.17) is 0 Å². The van der Waals surface area contributed by atoms with Gasteiger partial charge in [0.1, 0.15) is 0 Å². The number of nitrogens with zero attached hydrogens (tertiary/aromatic N) is 1. The number of benzene rings is 1. The summed E-state index contributed by atoms with van der Waals surface area (Å²) in [6.45, 7) is 1.99. The van der Waals surface area contributed by atoms with Crippen molar-refractivity contribution in [1.29, 1.82) is 0 Å². The predicted octanol–water partition coefficient (Wildman–Crippen LogP) is 2.57. The van der Waals surface area contributed by atoms with Crippen LogP contribution in [-0.2, 0) is 16.9 Å². The summed E-state index contributed by atoms with van der Waals surface area (Å²) in [6.07, 6.45) is 1.22. The van der Waals surface area contributed by atoms with Crippen LogP contribution in [0.2, 0.25) is 0 Å². The summed E-state index contributed by atoms with van der Waals surface area (Å²) in [5.74, 6) is 0. The molecule has 0 radical (unpaired) electrons. The number of sulfone groups is 1. The largest absolute Gasteiger partial charge is 0.347 e. The monoisotopic (exact) mass is 269 g/mol. The van der Waals surface area contributed by atoms with Crippen molar-refractivity contribution >= 4 is 33.4 Å². The maximum absolute atomic E-state index is 11.5. The van der Waals surface area contributed by atoms with Crippen LogP contribution in [0.3, 0.4) is 0 Å². The van der Waals surface area contributed by atoms with E-state index in [2.05, 4.69) is 12.6 Å². The Bertz CT molecular complexity index is 669. The second-order valence-corrected chi connectivity index (χ2v) is 7.09. The molecule has 2 rings (SSSR count). The number of rotatable bonds is 2. The molecule has 1 unspecified atom stereocenters. The molecule has 0 spiro atoms. The van der Waals surface area contributed by atoms with E-state index >= 15 is 0 Å². The van der Waals surface area contributed by atoms with Gasteiger partial charge in [0.15, 0.2) is 9.84 Å². The van der Waals surface area contributed by atoms with E-state index in [0.717, 1.165) is 16.6 Å². The molecule has 5 heteroatoms. The number of hydrogen-bond donors (Lipinski definition) is 1. The van der Waals surface area contributed by atoms with Crippen molar-refractivity contribution in [2.75, 3.05) is 6.26 Å². The Kier molecular flexibility index (Phi) is 2.99. The molecule has 0 bridgehead atoms. The van der Waals surface area contributed by atoms with Crippen molar-refractivity contribution in [3.8, 4) is 0 Å². The van der Waals surface area contributed by atoms with Crippen molar-refractivity contribution in [1.82, 2.24) is 4.57 Å². The molecule has 1 heterocycles. The molecule has 0 aliphatic carbocycles. The molecule has 92 valence electrons. The molecule has 0 aliphatic heterocycles. The minimum Gasteiger partial charge on any atom is -0.347 e. The Morgan fingerprint density at radius 2 is 1.94 bits per heavy atom. The van der Waals surface area contributed by atoms with Crippen LogP contribution in [0.4, 0.5) is 0 Å². The van der Waals surface area contributed by atoms with E-state index in [1.807, 2.05) is 30.7 Å². The summed E-state index contributed by atoms with van der Waals surface area (Å²) < 4.78 is 25.0. The summed E-state index contributed by atoms with van der Waals surface area (Å²) in [5, 5.41) is 1.16. The topological polar surface area (TPSA) is 39.1 Å². The average Bonchev–Trinajstić information content (AvgIpc) is 2.54. The summed E-state index contributed by atoms with van der Waals surface area (Å²) in [5.41, 5.74) is 2.00. The third-order valence-corrected chi connectivity index (χ3v) is 4.28. The van der Waals surface area contributed by atoms with Gasteiger partial charge in [0, 0.05) is 29.8 Å². The Morgan fingerprint density at radius 1 is 1.29 bits per heavy atom. The molecule has 0 amide bonds. The highest BCUT2D eigenvalue weighted by molar-refractivity contribution is 7.90. The van der Waals surface area contributed by atoms with Crippen LogP contribution in [0.5, 0.6) is 0 Å². The molecule has 0 aliphatic rings. The van der Waals surface area contributed by atoms with Crippen molar-refractivity contribution in [2.45, 2.75) is 17.1 Å². The summed E-state index contributed by atoms with van der Waals surface area (Å²) in [6, 6.07) is 7.24. The van der Waals surface area contributed by atoms with Crippen LogP contribution in [-0.4, -0.2) is 19.2 Å². The smallest absolute Gasteiger partial charge is 0.175 e. The zero-order valence-electron chi connectivity index (χ0n) is 10.0. The number of aromatic nitrogens is 1. The first kappa shape index (κ1) is 12.5. The van der Waals surface area contributed by atoms with Crippen molar-refractivity contribution in [3.05, 3.63) is 30.0 Å². The Labute approximate surface area is 107 Å². The Morgan fingerprint density at radius 3 is 2.47 bits per heavy atom. The normalized spacial score (nSPS) is 14.1. The van der Waals surface area contributed by atoms with Crippen LogP contribution in [0.1, 0.15) is 17.9 Å². The minimum absolute atomic E-state index is 0.120. The van der Waals surface area contributed by atoms with E-state index in [1.54, 1.807) is 12.1 Å². The first-order valence-corrected chi connectivity index (χ1v) is 7.69. The van der Waals surface area contributed by atoms with E-state index in [0.29, 0.717) is 4.90 Å². The number of thiol groups is 1. The lowest BCUT2D eigenvalue weighted by molar-refractivity contribution is 0.602. The van der Waals surface area contributed by atoms with E-state index < -0.39 is 9.84 Å². The van der Waals surface area contributed by atoms with Crippen LogP contribution >= 0.6 is 12.6 Å². The fourth-order valence-corrected chi connectivity index (χ4v) is 2.85. The van der Waals surface area contributed by atoms with E-state index in [-0.39, 0.29) is 5.25 Å². The first-order chi connectivity index (χ1) is 7.80. The first-order valence-electron chi connectivity index (χ1n) is 5.28. The van der Waals surface area contributed by atoms with Crippen LogP contribution in [0.25, 0.3) is 10.9 Å². The minimum atomic E-state index is -3.15. The van der Waals surface area contributed by atoms with E-state index in [9.17, 15) is 8.42 Å². The third-order valence-electron chi connectivity index (χ3n) is 2.91. The fourth-order valence-electron chi connectivity index (χ4n) is 1.96. The average molecular weight is 269 g/mol. The van der Waals surface area contributed by atoms with Crippen LogP contribution < -0.4 is 0 Å². The molecule has 1 atom stereocenters. The van der Waals surface area contributed by atoms with Gasteiger partial charge in [-0.25, -0.2) is 8.42 Å². The van der Waals surface area contributed by atoms with Crippen molar-refractivity contribution < 1.29 is 8.42 Å². The van der Waals surface area contributed by atoms with Crippen LogP contribution in [0, 0.1) is 0 Å².